The number of nitrogens with one attached hydrogen (secondary N) is 1. The summed E-state index contributed by atoms with van der Waals surface area (Å²) in [7, 11) is 4.46. The van der Waals surface area contributed by atoms with E-state index in [-0.39, 0.29) is 18.0 Å². The van der Waals surface area contributed by atoms with E-state index in [1.165, 1.54) is 21.3 Å². The maximum atomic E-state index is 12.7. The highest BCUT2D eigenvalue weighted by atomic mass is 16.5. The first-order chi connectivity index (χ1) is 14.7. The molecular weight excluding hydrogens is 400 g/mol. The molecule has 0 spiro atoms. The minimum absolute atomic E-state index is 0.0990. The SMILES string of the molecule is COc1cc(C(=O)NCC(=O)N2CCc3c(cnn3C(C)(C)C)C2)cc(OC)c1OC. The van der Waals surface area contributed by atoms with E-state index in [9.17, 15) is 9.59 Å². The summed E-state index contributed by atoms with van der Waals surface area (Å²) in [6, 6.07) is 3.10. The van der Waals surface area contributed by atoms with Gasteiger partial charge in [0.2, 0.25) is 11.7 Å². The Morgan fingerprint density at radius 2 is 1.74 bits per heavy atom. The maximum absolute atomic E-state index is 12.7. The third-order valence-electron chi connectivity index (χ3n) is 5.25. The van der Waals surface area contributed by atoms with Crippen molar-refractivity contribution in [3.05, 3.63) is 35.2 Å². The van der Waals surface area contributed by atoms with Crippen LogP contribution in [-0.2, 0) is 23.3 Å². The number of fused-ring (bicyclic) bond motifs is 1. The summed E-state index contributed by atoms with van der Waals surface area (Å²) in [6.45, 7) is 7.31. The van der Waals surface area contributed by atoms with Gasteiger partial charge in [-0.2, -0.15) is 5.10 Å². The van der Waals surface area contributed by atoms with Crippen molar-refractivity contribution in [2.75, 3.05) is 34.4 Å². The number of hydrogen-bond acceptors (Lipinski definition) is 6. The number of methoxy groups -OCH3 is 3. The van der Waals surface area contributed by atoms with Crippen LogP contribution in [0.5, 0.6) is 17.2 Å². The van der Waals surface area contributed by atoms with Crippen molar-refractivity contribution in [2.24, 2.45) is 0 Å². The van der Waals surface area contributed by atoms with E-state index in [1.807, 2.05) is 10.9 Å². The minimum Gasteiger partial charge on any atom is -0.493 e. The highest BCUT2D eigenvalue weighted by Crippen LogP contribution is 2.38. The molecule has 2 heterocycles. The first-order valence-electron chi connectivity index (χ1n) is 10.1. The predicted molar refractivity (Wildman–Crippen MR) is 115 cm³/mol. The molecule has 0 bridgehead atoms. The van der Waals surface area contributed by atoms with Crippen LogP contribution in [0.1, 0.15) is 42.4 Å². The van der Waals surface area contributed by atoms with Crippen LogP contribution < -0.4 is 19.5 Å². The van der Waals surface area contributed by atoms with Gasteiger partial charge in [0.25, 0.3) is 5.91 Å². The average molecular weight is 431 g/mol. The molecule has 0 aliphatic carbocycles. The number of aromatic nitrogens is 2. The molecule has 1 aliphatic heterocycles. The van der Waals surface area contributed by atoms with E-state index >= 15 is 0 Å². The Hall–Kier alpha value is -3.23. The van der Waals surface area contributed by atoms with Gasteiger partial charge in [0.15, 0.2) is 11.5 Å². The molecule has 1 N–H and O–H groups in total. The fourth-order valence-corrected chi connectivity index (χ4v) is 3.70. The minimum atomic E-state index is -0.397. The Morgan fingerprint density at radius 3 is 2.29 bits per heavy atom. The number of rotatable bonds is 6. The van der Waals surface area contributed by atoms with Crippen molar-refractivity contribution in [1.82, 2.24) is 20.0 Å². The molecule has 1 aliphatic rings. The first kappa shape index (κ1) is 22.5. The molecule has 31 heavy (non-hydrogen) atoms. The molecule has 3 rings (SSSR count). The maximum Gasteiger partial charge on any atom is 0.251 e. The lowest BCUT2D eigenvalue weighted by molar-refractivity contribution is -0.131. The van der Waals surface area contributed by atoms with Crippen LogP contribution in [0.25, 0.3) is 0 Å². The molecule has 168 valence electrons. The highest BCUT2D eigenvalue weighted by Gasteiger charge is 2.27. The number of amides is 2. The monoisotopic (exact) mass is 430 g/mol. The molecule has 0 unspecified atom stereocenters. The van der Waals surface area contributed by atoms with Crippen molar-refractivity contribution >= 4 is 11.8 Å². The third-order valence-corrected chi connectivity index (χ3v) is 5.25. The van der Waals surface area contributed by atoms with Crippen molar-refractivity contribution in [3.8, 4) is 17.2 Å². The summed E-state index contributed by atoms with van der Waals surface area (Å²) in [5.41, 5.74) is 2.42. The number of carbonyl (C=O) groups excluding carboxylic acids is 2. The van der Waals surface area contributed by atoms with Gasteiger partial charge in [-0.1, -0.05) is 0 Å². The molecule has 0 saturated heterocycles. The molecule has 0 atom stereocenters. The fourth-order valence-electron chi connectivity index (χ4n) is 3.70. The highest BCUT2D eigenvalue weighted by molar-refractivity contribution is 5.97. The molecule has 9 nitrogen and oxygen atoms in total. The van der Waals surface area contributed by atoms with Gasteiger partial charge >= 0.3 is 0 Å². The lowest BCUT2D eigenvalue weighted by atomic mass is 10.0. The van der Waals surface area contributed by atoms with Gasteiger partial charge < -0.3 is 24.4 Å². The lowest BCUT2D eigenvalue weighted by Crippen LogP contribution is -2.43. The van der Waals surface area contributed by atoms with E-state index in [1.54, 1.807) is 17.0 Å². The largest absolute Gasteiger partial charge is 0.493 e. The number of ether oxygens (including phenoxy) is 3. The van der Waals surface area contributed by atoms with Crippen LogP contribution in [-0.4, -0.2) is 60.9 Å². The van der Waals surface area contributed by atoms with Crippen LogP contribution >= 0.6 is 0 Å². The second kappa shape index (κ2) is 8.87. The van der Waals surface area contributed by atoms with Crippen LogP contribution in [0.2, 0.25) is 0 Å². The van der Waals surface area contributed by atoms with Gasteiger partial charge in [-0.05, 0) is 32.9 Å². The summed E-state index contributed by atoms with van der Waals surface area (Å²) in [5.74, 6) is 0.605. The molecule has 0 radical (unpaired) electrons. The van der Waals surface area contributed by atoms with E-state index in [2.05, 4.69) is 31.2 Å². The van der Waals surface area contributed by atoms with Gasteiger partial charge in [-0.3, -0.25) is 14.3 Å². The van der Waals surface area contributed by atoms with E-state index in [4.69, 9.17) is 14.2 Å². The summed E-state index contributed by atoms with van der Waals surface area (Å²) in [5, 5.41) is 7.19. The standard InChI is InChI=1S/C22H30N4O5/c1-22(2,3)26-16-7-8-25(13-15(16)11-24-26)19(27)12-23-21(28)14-9-17(29-4)20(31-6)18(10-14)30-5/h9-11H,7-8,12-13H2,1-6H3,(H,23,28). The zero-order valence-electron chi connectivity index (χ0n) is 18.9. The molecule has 2 aromatic rings. The summed E-state index contributed by atoms with van der Waals surface area (Å²) < 4.78 is 17.9. The van der Waals surface area contributed by atoms with Gasteiger partial charge in [0.1, 0.15) is 0 Å². The normalized spacial score (nSPS) is 13.4. The Balaban J connectivity index is 1.65. The topological polar surface area (TPSA) is 94.9 Å². The van der Waals surface area contributed by atoms with Crippen LogP contribution in [0.4, 0.5) is 0 Å². The second-order valence-corrected chi connectivity index (χ2v) is 8.36. The first-order valence-corrected chi connectivity index (χ1v) is 10.1. The zero-order chi connectivity index (χ0) is 22.8. The Kier molecular flexibility index (Phi) is 6.42. The average Bonchev–Trinajstić information content (AvgIpc) is 3.19. The van der Waals surface area contributed by atoms with Crippen molar-refractivity contribution in [2.45, 2.75) is 39.3 Å². The quantitative estimate of drug-likeness (QED) is 0.753. The second-order valence-electron chi connectivity index (χ2n) is 8.36. The Bertz CT molecular complexity index is 952. The molecule has 1 aromatic carbocycles. The summed E-state index contributed by atoms with van der Waals surface area (Å²) in [6.07, 6.45) is 2.56. The lowest BCUT2D eigenvalue weighted by Gasteiger charge is -2.30. The van der Waals surface area contributed by atoms with Crippen LogP contribution in [0.3, 0.4) is 0 Å². The van der Waals surface area contributed by atoms with Crippen molar-refractivity contribution < 1.29 is 23.8 Å². The molecule has 9 heteroatoms. The number of benzene rings is 1. The molecule has 0 fully saturated rings. The van der Waals surface area contributed by atoms with Crippen LogP contribution in [0, 0.1) is 0 Å². The smallest absolute Gasteiger partial charge is 0.251 e. The van der Waals surface area contributed by atoms with E-state index in [0.717, 1.165) is 17.7 Å². The van der Waals surface area contributed by atoms with Gasteiger partial charge in [-0.15, -0.1) is 0 Å². The van der Waals surface area contributed by atoms with E-state index < -0.39 is 5.91 Å². The van der Waals surface area contributed by atoms with Crippen molar-refractivity contribution in [1.29, 1.82) is 0 Å². The van der Waals surface area contributed by atoms with Crippen LogP contribution in [0.15, 0.2) is 18.3 Å². The predicted octanol–water partition coefficient (Wildman–Crippen LogP) is 1.98. The third kappa shape index (κ3) is 4.60. The van der Waals surface area contributed by atoms with Gasteiger partial charge in [0, 0.05) is 36.3 Å². The number of carbonyl (C=O) groups is 2. The molecular formula is C22H30N4O5. The van der Waals surface area contributed by atoms with Crippen molar-refractivity contribution in [3.63, 3.8) is 0 Å². The van der Waals surface area contributed by atoms with E-state index in [0.29, 0.717) is 35.9 Å². The molecule has 1 aromatic heterocycles. The number of nitrogens with zero attached hydrogens (tertiary/aromatic N) is 3. The van der Waals surface area contributed by atoms with Gasteiger partial charge in [-0.25, -0.2) is 0 Å². The summed E-state index contributed by atoms with van der Waals surface area (Å²) in [4.78, 5) is 27.1. The molecule has 2 amide bonds. The number of hydrogen-bond donors (Lipinski definition) is 1. The Morgan fingerprint density at radius 1 is 1.10 bits per heavy atom. The van der Waals surface area contributed by atoms with Gasteiger partial charge in [0.05, 0.1) is 39.6 Å². The fraction of sp³-hybridized carbons (Fsp3) is 0.500. The summed E-state index contributed by atoms with van der Waals surface area (Å²) >= 11 is 0. The zero-order valence-corrected chi connectivity index (χ0v) is 18.9. The Labute approximate surface area is 182 Å². The molecule has 0 saturated carbocycles.